The third kappa shape index (κ3) is 6.50. The molecular formula is C26H31Cl2N7O3. The molecule has 1 aliphatic heterocycles. The first-order valence-electron chi connectivity index (χ1n) is 12.1. The number of ether oxygens (including phenoxy) is 2. The number of benzene rings is 2. The Bertz CT molecular complexity index is 1240. The van der Waals surface area contributed by atoms with Crippen LogP contribution >= 0.6 is 23.2 Å². The first-order valence-corrected chi connectivity index (χ1v) is 12.9. The number of amides is 2. The van der Waals surface area contributed by atoms with Crippen LogP contribution in [-0.2, 0) is 0 Å². The minimum atomic E-state index is -0.601. The first-order chi connectivity index (χ1) is 18.3. The highest BCUT2D eigenvalue weighted by molar-refractivity contribution is 6.41. The lowest BCUT2D eigenvalue weighted by Gasteiger charge is -2.38. The number of hydrogen-bond donors (Lipinski definition) is 3. The van der Waals surface area contributed by atoms with E-state index in [1.807, 2.05) is 12.1 Å². The van der Waals surface area contributed by atoms with Crippen LogP contribution in [0.5, 0.6) is 11.5 Å². The van der Waals surface area contributed by atoms with Crippen molar-refractivity contribution in [1.29, 1.82) is 0 Å². The van der Waals surface area contributed by atoms with Gasteiger partial charge in [0.2, 0.25) is 0 Å². The van der Waals surface area contributed by atoms with E-state index in [0.29, 0.717) is 23.4 Å². The summed E-state index contributed by atoms with van der Waals surface area (Å²) in [7, 11) is 2.91. The van der Waals surface area contributed by atoms with E-state index in [0.717, 1.165) is 31.9 Å². The minimum absolute atomic E-state index is 0.142. The van der Waals surface area contributed by atoms with Crippen molar-refractivity contribution >= 4 is 57.9 Å². The SMILES string of the molecule is COc1cc(OC)c(Cl)c(NC(=O)Nc2cc(Nc3ccc(N4CCN(C(C)C)CC4)cc3)ncn2)c1Cl. The molecule has 1 aliphatic rings. The maximum atomic E-state index is 12.7. The molecule has 0 unspecified atom stereocenters. The number of carbonyl (C=O) groups excluding carboxylic acids is 1. The van der Waals surface area contributed by atoms with E-state index in [1.165, 1.54) is 32.3 Å². The van der Waals surface area contributed by atoms with E-state index in [9.17, 15) is 4.79 Å². The Balaban J connectivity index is 1.38. The van der Waals surface area contributed by atoms with Crippen LogP contribution in [-0.4, -0.2) is 67.3 Å². The smallest absolute Gasteiger partial charge is 0.324 e. The summed E-state index contributed by atoms with van der Waals surface area (Å²) in [4.78, 5) is 25.9. The molecule has 0 atom stereocenters. The molecule has 2 aromatic carbocycles. The Morgan fingerprint density at radius 2 is 1.50 bits per heavy atom. The number of anilines is 5. The highest BCUT2D eigenvalue weighted by Crippen LogP contribution is 2.44. The Labute approximate surface area is 232 Å². The topological polar surface area (TPSA) is 104 Å². The van der Waals surface area contributed by atoms with Gasteiger partial charge in [0.15, 0.2) is 0 Å². The highest BCUT2D eigenvalue weighted by Gasteiger charge is 2.20. The summed E-state index contributed by atoms with van der Waals surface area (Å²) in [6.45, 7) is 8.61. The second-order valence-electron chi connectivity index (χ2n) is 8.94. The lowest BCUT2D eigenvalue weighted by Crippen LogP contribution is -2.48. The Hall–Kier alpha value is -3.47. The van der Waals surface area contributed by atoms with Gasteiger partial charge in [0.25, 0.3) is 0 Å². The van der Waals surface area contributed by atoms with Crippen molar-refractivity contribution in [2.24, 2.45) is 0 Å². The van der Waals surface area contributed by atoms with Crippen LogP contribution in [0.4, 0.5) is 33.5 Å². The molecule has 38 heavy (non-hydrogen) atoms. The molecule has 202 valence electrons. The number of hydrogen-bond acceptors (Lipinski definition) is 8. The summed E-state index contributed by atoms with van der Waals surface area (Å²) in [6.07, 6.45) is 1.36. The van der Waals surface area contributed by atoms with E-state index < -0.39 is 6.03 Å². The number of carbonyl (C=O) groups is 1. The standard InChI is InChI=1S/C26H31Cl2N7O3/c1-16(2)34-9-11-35(12-10-34)18-7-5-17(6-8-18)31-21-14-22(30-15-29-21)32-26(36)33-25-23(27)19(37-3)13-20(38-4)24(25)28/h5-8,13-16H,9-12H2,1-4H3,(H3,29,30,31,32,33,36). The maximum absolute atomic E-state index is 12.7. The Morgan fingerprint density at radius 3 is 2.08 bits per heavy atom. The van der Waals surface area contributed by atoms with Crippen LogP contribution in [0.1, 0.15) is 13.8 Å². The average molecular weight is 560 g/mol. The zero-order valence-electron chi connectivity index (χ0n) is 21.7. The van der Waals surface area contributed by atoms with Crippen molar-refractivity contribution in [2.75, 3.05) is 61.2 Å². The summed E-state index contributed by atoms with van der Waals surface area (Å²) in [5.74, 6) is 1.41. The van der Waals surface area contributed by atoms with Gasteiger partial charge in [-0.3, -0.25) is 10.2 Å². The number of nitrogens with one attached hydrogen (secondary N) is 3. The van der Waals surface area contributed by atoms with Crippen molar-refractivity contribution in [2.45, 2.75) is 19.9 Å². The Kier molecular flexibility index (Phi) is 8.98. The minimum Gasteiger partial charge on any atom is -0.495 e. The predicted octanol–water partition coefficient (Wildman–Crippen LogP) is 5.72. The van der Waals surface area contributed by atoms with Crippen molar-refractivity contribution < 1.29 is 14.3 Å². The van der Waals surface area contributed by atoms with E-state index in [2.05, 4.69) is 61.7 Å². The van der Waals surface area contributed by atoms with Crippen LogP contribution in [0.2, 0.25) is 10.0 Å². The number of halogens is 2. The fourth-order valence-electron chi connectivity index (χ4n) is 4.15. The molecule has 2 amide bonds. The van der Waals surface area contributed by atoms with E-state index >= 15 is 0 Å². The van der Waals surface area contributed by atoms with Gasteiger partial charge in [0.1, 0.15) is 39.5 Å². The van der Waals surface area contributed by atoms with Gasteiger partial charge in [-0.25, -0.2) is 14.8 Å². The molecule has 0 aliphatic carbocycles. The van der Waals surface area contributed by atoms with Gasteiger partial charge in [0.05, 0.1) is 19.9 Å². The summed E-state index contributed by atoms with van der Waals surface area (Å²) in [5, 5.41) is 8.82. The van der Waals surface area contributed by atoms with Crippen LogP contribution in [0.3, 0.4) is 0 Å². The number of methoxy groups -OCH3 is 2. The zero-order valence-corrected chi connectivity index (χ0v) is 23.2. The third-order valence-electron chi connectivity index (χ3n) is 6.27. The molecule has 0 saturated carbocycles. The lowest BCUT2D eigenvalue weighted by atomic mass is 10.2. The van der Waals surface area contributed by atoms with Crippen LogP contribution in [0.25, 0.3) is 0 Å². The summed E-state index contributed by atoms with van der Waals surface area (Å²) in [5.41, 5.74) is 2.21. The van der Waals surface area contributed by atoms with Crippen LogP contribution in [0.15, 0.2) is 42.7 Å². The number of nitrogens with zero attached hydrogens (tertiary/aromatic N) is 4. The number of aromatic nitrogens is 2. The van der Waals surface area contributed by atoms with Gasteiger partial charge in [-0.15, -0.1) is 0 Å². The molecule has 4 rings (SSSR count). The van der Waals surface area contributed by atoms with Crippen molar-refractivity contribution in [1.82, 2.24) is 14.9 Å². The second kappa shape index (κ2) is 12.4. The van der Waals surface area contributed by atoms with E-state index in [4.69, 9.17) is 32.7 Å². The molecule has 0 bridgehead atoms. The summed E-state index contributed by atoms with van der Waals surface area (Å²) >= 11 is 12.7. The molecule has 2 heterocycles. The largest absolute Gasteiger partial charge is 0.495 e. The molecule has 0 spiro atoms. The van der Waals surface area contributed by atoms with Gasteiger partial charge in [-0.05, 0) is 38.1 Å². The number of rotatable bonds is 8. The van der Waals surface area contributed by atoms with E-state index in [-0.39, 0.29) is 21.6 Å². The molecule has 10 nitrogen and oxygen atoms in total. The summed E-state index contributed by atoms with van der Waals surface area (Å²) in [6, 6.07) is 11.3. The predicted molar refractivity (Wildman–Crippen MR) is 153 cm³/mol. The highest BCUT2D eigenvalue weighted by atomic mass is 35.5. The lowest BCUT2D eigenvalue weighted by molar-refractivity contribution is 0.209. The molecule has 1 fully saturated rings. The van der Waals surface area contributed by atoms with Crippen LogP contribution < -0.4 is 30.3 Å². The van der Waals surface area contributed by atoms with Gasteiger partial charge in [-0.1, -0.05) is 23.2 Å². The normalized spacial score (nSPS) is 13.8. The fraction of sp³-hybridized carbons (Fsp3) is 0.346. The molecule has 1 aromatic heterocycles. The van der Waals surface area contributed by atoms with Crippen LogP contribution in [0, 0.1) is 0 Å². The molecule has 1 saturated heterocycles. The van der Waals surface area contributed by atoms with Gasteiger partial charge >= 0.3 is 6.03 Å². The summed E-state index contributed by atoms with van der Waals surface area (Å²) < 4.78 is 10.5. The van der Waals surface area contributed by atoms with Gasteiger partial charge < -0.3 is 25.0 Å². The molecule has 12 heteroatoms. The average Bonchev–Trinajstić information content (AvgIpc) is 2.92. The zero-order chi connectivity index (χ0) is 27.2. The monoisotopic (exact) mass is 559 g/mol. The van der Waals surface area contributed by atoms with Crippen molar-refractivity contribution in [3.8, 4) is 11.5 Å². The van der Waals surface area contributed by atoms with E-state index in [1.54, 1.807) is 6.07 Å². The Morgan fingerprint density at radius 1 is 0.895 bits per heavy atom. The third-order valence-corrected chi connectivity index (χ3v) is 7.02. The van der Waals surface area contributed by atoms with Crippen molar-refractivity contribution in [3.63, 3.8) is 0 Å². The molecule has 3 N–H and O–H groups in total. The molecular weight excluding hydrogens is 529 g/mol. The van der Waals surface area contributed by atoms with Gasteiger partial charge in [0, 0.05) is 55.7 Å². The maximum Gasteiger partial charge on any atom is 0.324 e. The number of urea groups is 1. The molecule has 0 radical (unpaired) electrons. The molecule has 3 aromatic rings. The van der Waals surface area contributed by atoms with Gasteiger partial charge in [-0.2, -0.15) is 0 Å². The number of piperazine rings is 1. The fourth-order valence-corrected chi connectivity index (χ4v) is 4.75. The quantitative estimate of drug-likeness (QED) is 0.322. The second-order valence-corrected chi connectivity index (χ2v) is 9.70. The first kappa shape index (κ1) is 27.6. The van der Waals surface area contributed by atoms with Crippen molar-refractivity contribution in [3.05, 3.63) is 52.8 Å².